The first kappa shape index (κ1) is 76.1. The summed E-state index contributed by atoms with van der Waals surface area (Å²) in [7, 11) is 0. The van der Waals surface area contributed by atoms with Crippen molar-refractivity contribution in [2.24, 2.45) is 0 Å². The van der Waals surface area contributed by atoms with Crippen molar-refractivity contribution in [2.45, 2.75) is 346 Å². The van der Waals surface area contributed by atoms with Crippen molar-refractivity contribution in [3.8, 4) is 0 Å². The maximum absolute atomic E-state index is 13.4. The second-order valence-electron chi connectivity index (χ2n) is 23.2. The first-order chi connectivity index (χ1) is 39.7. The lowest BCUT2D eigenvalue weighted by Gasteiger charge is -2.41. The van der Waals surface area contributed by atoms with Crippen LogP contribution in [0, 0.1) is 0 Å². The van der Waals surface area contributed by atoms with Gasteiger partial charge in [-0.1, -0.05) is 267 Å². The lowest BCUT2D eigenvalue weighted by Crippen LogP contribution is -2.61. The first-order valence-corrected chi connectivity index (χ1v) is 33.7. The molecule has 0 aromatic heterocycles. The molecule has 470 valence electrons. The van der Waals surface area contributed by atoms with Gasteiger partial charge in [0.1, 0.15) is 24.4 Å². The first-order valence-electron chi connectivity index (χ1n) is 33.7. The Morgan fingerprint density at radius 3 is 1.31 bits per heavy atom. The highest BCUT2D eigenvalue weighted by Crippen LogP contribution is 2.26. The Balaban J connectivity index is 2.61. The minimum atomic E-state index is -1.62. The number of rotatable bonds is 57. The summed E-state index contributed by atoms with van der Waals surface area (Å²) in [5.41, 5.74) is 0. The molecule has 1 aliphatic rings. The molecule has 1 rings (SSSR count). The fraction of sp³-hybridized carbons (Fsp3) is 0.800. The number of carbonyl (C=O) groups excluding carboxylic acids is 2. The predicted octanol–water partition coefficient (Wildman–Crippen LogP) is 16.7. The lowest BCUT2D eigenvalue weighted by atomic mass is 9.99. The fourth-order valence-corrected chi connectivity index (χ4v) is 10.2. The molecule has 0 aromatic rings. The SMILES string of the molecule is CCCCC/C=C\C/C=C\C/C=C\C/C=C\CCCCCCCCCC(=O)OC1C(OCC(NC(=O)C(O)CCCCCCCCCC/C=C/CCCCCCCC)C(O)/C=C/CCCCCCCCCCC)OC(CO)C(O)C1O. The minimum absolute atomic E-state index is 0.109. The molecule has 11 nitrogen and oxygen atoms in total. The van der Waals surface area contributed by atoms with Crippen LogP contribution in [0.5, 0.6) is 0 Å². The highest BCUT2D eigenvalue weighted by Gasteiger charge is 2.47. The van der Waals surface area contributed by atoms with Gasteiger partial charge >= 0.3 is 5.97 Å². The summed E-state index contributed by atoms with van der Waals surface area (Å²) < 4.78 is 17.6. The van der Waals surface area contributed by atoms with Crippen LogP contribution in [-0.4, -0.2) is 99.6 Å². The second-order valence-corrected chi connectivity index (χ2v) is 23.2. The van der Waals surface area contributed by atoms with E-state index in [1.165, 1.54) is 141 Å². The summed E-state index contributed by atoms with van der Waals surface area (Å²) in [6, 6.07) is -1.03. The molecule has 1 saturated heterocycles. The molecule has 1 aliphatic heterocycles. The molecule has 1 amide bonds. The molecule has 81 heavy (non-hydrogen) atoms. The van der Waals surface area contributed by atoms with Gasteiger partial charge < -0.3 is 45.1 Å². The fourth-order valence-electron chi connectivity index (χ4n) is 10.2. The van der Waals surface area contributed by atoms with Gasteiger partial charge in [0, 0.05) is 6.42 Å². The van der Waals surface area contributed by atoms with Gasteiger partial charge in [-0.2, -0.15) is 0 Å². The Hall–Kier alpha value is -2.90. The third kappa shape index (κ3) is 45.2. The molecule has 0 aliphatic carbocycles. The number of carbonyl (C=O) groups is 2. The Labute approximate surface area is 496 Å². The molecule has 6 N–H and O–H groups in total. The number of esters is 1. The molecule has 0 bridgehead atoms. The minimum Gasteiger partial charge on any atom is -0.454 e. The summed E-state index contributed by atoms with van der Waals surface area (Å²) in [6.45, 7) is 5.76. The van der Waals surface area contributed by atoms with E-state index in [2.05, 4.69) is 86.8 Å². The monoisotopic (exact) mass is 1140 g/mol. The van der Waals surface area contributed by atoms with Gasteiger partial charge in [-0.25, -0.2) is 0 Å². The average Bonchev–Trinajstić information content (AvgIpc) is 3.50. The van der Waals surface area contributed by atoms with E-state index in [9.17, 15) is 35.1 Å². The van der Waals surface area contributed by atoms with Crippen LogP contribution in [0.25, 0.3) is 0 Å². The van der Waals surface area contributed by atoms with Crippen LogP contribution in [0.2, 0.25) is 0 Å². The van der Waals surface area contributed by atoms with Crippen molar-refractivity contribution in [3.63, 3.8) is 0 Å². The molecule has 1 fully saturated rings. The van der Waals surface area contributed by atoms with E-state index in [1.54, 1.807) is 6.08 Å². The third-order valence-corrected chi connectivity index (χ3v) is 15.6. The summed E-state index contributed by atoms with van der Waals surface area (Å²) in [4.78, 5) is 26.6. The number of aliphatic hydroxyl groups is 5. The van der Waals surface area contributed by atoms with Gasteiger partial charge in [0.25, 0.3) is 0 Å². The maximum Gasteiger partial charge on any atom is 0.306 e. The van der Waals surface area contributed by atoms with E-state index >= 15 is 0 Å². The van der Waals surface area contributed by atoms with E-state index in [0.29, 0.717) is 12.8 Å². The van der Waals surface area contributed by atoms with Crippen molar-refractivity contribution in [3.05, 3.63) is 72.9 Å². The van der Waals surface area contributed by atoms with E-state index < -0.39 is 67.4 Å². The van der Waals surface area contributed by atoms with Crippen LogP contribution >= 0.6 is 0 Å². The predicted molar refractivity (Wildman–Crippen MR) is 338 cm³/mol. The lowest BCUT2D eigenvalue weighted by molar-refractivity contribution is -0.305. The summed E-state index contributed by atoms with van der Waals surface area (Å²) in [5.74, 6) is -1.20. The van der Waals surface area contributed by atoms with Crippen LogP contribution in [0.1, 0.15) is 297 Å². The van der Waals surface area contributed by atoms with Crippen LogP contribution in [0.3, 0.4) is 0 Å². The quantitative estimate of drug-likeness (QED) is 0.0195. The maximum atomic E-state index is 13.4. The zero-order chi connectivity index (χ0) is 58.9. The molecule has 0 spiro atoms. The molecular formula is C70H125NO10. The zero-order valence-corrected chi connectivity index (χ0v) is 52.1. The van der Waals surface area contributed by atoms with Crippen LogP contribution in [0.4, 0.5) is 0 Å². The number of nitrogens with one attached hydrogen (secondary N) is 1. The largest absolute Gasteiger partial charge is 0.454 e. The van der Waals surface area contributed by atoms with E-state index in [4.69, 9.17) is 14.2 Å². The average molecular weight is 1140 g/mol. The number of allylic oxidation sites excluding steroid dienone is 11. The van der Waals surface area contributed by atoms with Gasteiger partial charge in [-0.05, 0) is 96.3 Å². The normalized spacial score (nSPS) is 19.1. The van der Waals surface area contributed by atoms with Crippen LogP contribution in [-0.2, 0) is 23.8 Å². The Morgan fingerprint density at radius 2 is 0.852 bits per heavy atom. The van der Waals surface area contributed by atoms with Crippen molar-refractivity contribution < 1.29 is 49.3 Å². The molecule has 8 unspecified atom stereocenters. The number of hydrogen-bond acceptors (Lipinski definition) is 10. The van der Waals surface area contributed by atoms with Gasteiger partial charge in [-0.15, -0.1) is 0 Å². The summed E-state index contributed by atoms with van der Waals surface area (Å²) >= 11 is 0. The van der Waals surface area contributed by atoms with Gasteiger partial charge in [0.15, 0.2) is 12.4 Å². The van der Waals surface area contributed by atoms with Crippen molar-refractivity contribution in [1.82, 2.24) is 5.32 Å². The number of hydrogen-bond donors (Lipinski definition) is 6. The smallest absolute Gasteiger partial charge is 0.306 e. The standard InChI is InChI=1S/C70H125NO10/c1-4-7-10-13-16-19-22-24-26-28-30-31-32-33-34-36-38-40-43-46-49-52-55-58-65(75)81-68-67(77)66(76)64(59-72)80-70(68)79-60-61(62(73)56-53-50-47-44-41-21-18-15-12-9-6-3)71-69(78)63(74)57-54-51-48-45-42-39-37-35-29-27-25-23-20-17-14-11-8-5-2/h16,19,24-27,30-31,33-34,53,56,61-64,66-68,70,72-74,76-77H,4-15,17-18,20-23,28-29,32,35-52,54-55,57-60H2,1-3H3,(H,71,78)/b19-16-,26-24-,27-25+,31-30-,34-33-,56-53+. The number of ether oxygens (including phenoxy) is 3. The molecule has 0 saturated carbocycles. The van der Waals surface area contributed by atoms with Crippen molar-refractivity contribution in [1.29, 1.82) is 0 Å². The van der Waals surface area contributed by atoms with Crippen LogP contribution < -0.4 is 5.32 Å². The molecule has 0 aromatic carbocycles. The van der Waals surface area contributed by atoms with Crippen LogP contribution in [0.15, 0.2) is 72.9 Å². The van der Waals surface area contributed by atoms with Crippen molar-refractivity contribution >= 4 is 11.9 Å². The number of aliphatic hydroxyl groups excluding tert-OH is 5. The molecule has 1 heterocycles. The number of unbranched alkanes of at least 4 members (excludes halogenated alkanes) is 33. The van der Waals surface area contributed by atoms with E-state index in [0.717, 1.165) is 109 Å². The Morgan fingerprint density at radius 1 is 0.481 bits per heavy atom. The summed E-state index contributed by atoms with van der Waals surface area (Å²) in [6.07, 6.45) is 63.6. The molecule has 0 radical (unpaired) electrons. The van der Waals surface area contributed by atoms with Gasteiger partial charge in [0.05, 0.1) is 25.4 Å². The molecular weight excluding hydrogens is 1010 g/mol. The Kier molecular flexibility index (Phi) is 54.1. The van der Waals surface area contributed by atoms with Gasteiger partial charge in [0.2, 0.25) is 5.91 Å². The molecule has 8 atom stereocenters. The Bertz CT molecular complexity index is 1590. The zero-order valence-electron chi connectivity index (χ0n) is 52.1. The highest BCUT2D eigenvalue weighted by atomic mass is 16.7. The topological polar surface area (TPSA) is 175 Å². The second kappa shape index (κ2) is 57.5. The third-order valence-electron chi connectivity index (χ3n) is 15.6. The van der Waals surface area contributed by atoms with Crippen molar-refractivity contribution in [2.75, 3.05) is 13.2 Å². The number of amides is 1. The van der Waals surface area contributed by atoms with E-state index in [-0.39, 0.29) is 19.4 Å². The highest BCUT2D eigenvalue weighted by molar-refractivity contribution is 5.80. The van der Waals surface area contributed by atoms with Gasteiger partial charge in [-0.3, -0.25) is 9.59 Å². The summed E-state index contributed by atoms with van der Waals surface area (Å²) in [5, 5.41) is 57.1. The molecule has 11 heteroatoms. The van der Waals surface area contributed by atoms with E-state index in [1.807, 2.05) is 6.08 Å².